The Morgan fingerprint density at radius 3 is 2.27 bits per heavy atom. The smallest absolute Gasteiger partial charge is 0.0887 e. The van der Waals surface area contributed by atoms with E-state index in [1.54, 1.807) is 0 Å². The van der Waals surface area contributed by atoms with E-state index in [4.69, 9.17) is 0 Å². The summed E-state index contributed by atoms with van der Waals surface area (Å²) >= 11 is 0. The van der Waals surface area contributed by atoms with E-state index in [0.717, 1.165) is 6.54 Å². The van der Waals surface area contributed by atoms with Crippen molar-refractivity contribution in [3.8, 4) is 0 Å². The molecule has 0 unspecified atom stereocenters. The minimum atomic E-state index is 0.470. The third-order valence-corrected chi connectivity index (χ3v) is 2.62. The van der Waals surface area contributed by atoms with Crippen molar-refractivity contribution in [1.82, 2.24) is 15.0 Å². The lowest BCUT2D eigenvalue weighted by Gasteiger charge is -2.12. The summed E-state index contributed by atoms with van der Waals surface area (Å²) in [4.78, 5) is 0. The standard InChI is InChI=1S/C12H23N3/c1-6-7-8-15-12(10(4)5)11(9(2)3)13-14-15/h9-10H,6-8H2,1-5H3. The Kier molecular flexibility index (Phi) is 4.30. The van der Waals surface area contributed by atoms with Gasteiger partial charge in [-0.25, -0.2) is 4.68 Å². The summed E-state index contributed by atoms with van der Waals surface area (Å²) in [5, 5.41) is 8.57. The molecule has 0 spiro atoms. The van der Waals surface area contributed by atoms with Gasteiger partial charge in [-0.05, 0) is 18.3 Å². The summed E-state index contributed by atoms with van der Waals surface area (Å²) in [6.07, 6.45) is 2.38. The maximum Gasteiger partial charge on any atom is 0.0887 e. The van der Waals surface area contributed by atoms with Gasteiger partial charge in [-0.1, -0.05) is 46.3 Å². The van der Waals surface area contributed by atoms with Crippen LogP contribution in [0.25, 0.3) is 0 Å². The van der Waals surface area contributed by atoms with Crippen molar-refractivity contribution in [2.45, 2.75) is 65.8 Å². The van der Waals surface area contributed by atoms with Gasteiger partial charge in [0.1, 0.15) is 0 Å². The van der Waals surface area contributed by atoms with E-state index in [1.807, 2.05) is 0 Å². The molecule has 3 nitrogen and oxygen atoms in total. The fraction of sp³-hybridized carbons (Fsp3) is 0.833. The van der Waals surface area contributed by atoms with Crippen molar-refractivity contribution in [3.63, 3.8) is 0 Å². The van der Waals surface area contributed by atoms with Gasteiger partial charge in [0, 0.05) is 6.54 Å². The first-order valence-corrected chi connectivity index (χ1v) is 6.01. The normalized spacial score (nSPS) is 11.7. The first kappa shape index (κ1) is 12.2. The van der Waals surface area contributed by atoms with Crippen LogP contribution in [0.5, 0.6) is 0 Å². The minimum absolute atomic E-state index is 0.470. The molecule has 1 aromatic heterocycles. The summed E-state index contributed by atoms with van der Waals surface area (Å²) in [7, 11) is 0. The van der Waals surface area contributed by atoms with Crippen LogP contribution in [-0.2, 0) is 6.54 Å². The Labute approximate surface area is 92.9 Å². The molecule has 0 saturated carbocycles. The molecule has 86 valence electrons. The van der Waals surface area contributed by atoms with Crippen molar-refractivity contribution in [2.24, 2.45) is 0 Å². The highest BCUT2D eigenvalue weighted by atomic mass is 15.4. The molecule has 1 aromatic rings. The maximum atomic E-state index is 4.30. The number of aromatic nitrogens is 3. The third-order valence-electron chi connectivity index (χ3n) is 2.62. The Morgan fingerprint density at radius 1 is 1.13 bits per heavy atom. The van der Waals surface area contributed by atoms with Crippen molar-refractivity contribution in [3.05, 3.63) is 11.4 Å². The molecule has 0 fully saturated rings. The molecular weight excluding hydrogens is 186 g/mol. The van der Waals surface area contributed by atoms with Crippen molar-refractivity contribution < 1.29 is 0 Å². The van der Waals surface area contributed by atoms with Gasteiger partial charge in [-0.15, -0.1) is 5.10 Å². The molecule has 0 saturated heterocycles. The largest absolute Gasteiger partial charge is 0.249 e. The highest BCUT2D eigenvalue weighted by Crippen LogP contribution is 2.23. The number of rotatable bonds is 5. The molecule has 3 heteroatoms. The maximum absolute atomic E-state index is 4.30. The van der Waals surface area contributed by atoms with E-state index in [-0.39, 0.29) is 0 Å². The van der Waals surface area contributed by atoms with Crippen LogP contribution in [0.4, 0.5) is 0 Å². The lowest BCUT2D eigenvalue weighted by Crippen LogP contribution is -2.08. The van der Waals surface area contributed by atoms with E-state index in [2.05, 4.69) is 49.6 Å². The zero-order valence-corrected chi connectivity index (χ0v) is 10.6. The minimum Gasteiger partial charge on any atom is -0.249 e. The molecule has 0 bridgehead atoms. The molecular formula is C12H23N3. The van der Waals surface area contributed by atoms with Crippen molar-refractivity contribution in [2.75, 3.05) is 0 Å². The molecule has 0 atom stereocenters. The van der Waals surface area contributed by atoms with Crippen LogP contribution in [0.2, 0.25) is 0 Å². The number of nitrogens with zero attached hydrogens (tertiary/aromatic N) is 3. The fourth-order valence-corrected chi connectivity index (χ4v) is 1.81. The molecule has 1 rings (SSSR count). The van der Waals surface area contributed by atoms with Gasteiger partial charge in [0.25, 0.3) is 0 Å². The topological polar surface area (TPSA) is 30.7 Å². The predicted octanol–water partition coefficient (Wildman–Crippen LogP) is 3.33. The molecule has 0 aliphatic rings. The Balaban J connectivity index is 2.96. The zero-order chi connectivity index (χ0) is 11.4. The van der Waals surface area contributed by atoms with Crippen LogP contribution in [-0.4, -0.2) is 15.0 Å². The predicted molar refractivity (Wildman–Crippen MR) is 63.1 cm³/mol. The van der Waals surface area contributed by atoms with Gasteiger partial charge in [0.05, 0.1) is 11.4 Å². The number of aryl methyl sites for hydroxylation is 1. The lowest BCUT2D eigenvalue weighted by atomic mass is 10.0. The molecule has 1 heterocycles. The second-order valence-corrected chi connectivity index (χ2v) is 4.75. The monoisotopic (exact) mass is 209 g/mol. The molecule has 0 aliphatic carbocycles. The van der Waals surface area contributed by atoms with Gasteiger partial charge < -0.3 is 0 Å². The second-order valence-electron chi connectivity index (χ2n) is 4.75. The van der Waals surface area contributed by atoms with Gasteiger partial charge in [-0.2, -0.15) is 0 Å². The van der Waals surface area contributed by atoms with E-state index in [1.165, 1.54) is 24.2 Å². The molecule has 15 heavy (non-hydrogen) atoms. The average molecular weight is 209 g/mol. The Morgan fingerprint density at radius 2 is 1.80 bits per heavy atom. The quantitative estimate of drug-likeness (QED) is 0.744. The Hall–Kier alpha value is -0.860. The van der Waals surface area contributed by atoms with Gasteiger partial charge in [0.2, 0.25) is 0 Å². The molecule has 0 aliphatic heterocycles. The lowest BCUT2D eigenvalue weighted by molar-refractivity contribution is 0.521. The summed E-state index contributed by atoms with van der Waals surface area (Å²) in [5.74, 6) is 0.979. The fourth-order valence-electron chi connectivity index (χ4n) is 1.81. The van der Waals surface area contributed by atoms with Crippen LogP contribution in [0.1, 0.15) is 70.7 Å². The van der Waals surface area contributed by atoms with Crippen LogP contribution in [0.3, 0.4) is 0 Å². The average Bonchev–Trinajstić information content (AvgIpc) is 2.58. The first-order chi connectivity index (χ1) is 7.07. The number of unbranched alkanes of at least 4 members (excludes halogenated alkanes) is 1. The van der Waals surface area contributed by atoms with Gasteiger partial charge in [0.15, 0.2) is 0 Å². The van der Waals surface area contributed by atoms with Gasteiger partial charge >= 0.3 is 0 Å². The zero-order valence-electron chi connectivity index (χ0n) is 10.6. The number of hydrogen-bond acceptors (Lipinski definition) is 2. The van der Waals surface area contributed by atoms with Crippen molar-refractivity contribution >= 4 is 0 Å². The Bertz CT molecular complexity index is 300. The first-order valence-electron chi connectivity index (χ1n) is 6.01. The van der Waals surface area contributed by atoms with Crippen LogP contribution < -0.4 is 0 Å². The molecule has 0 amide bonds. The summed E-state index contributed by atoms with van der Waals surface area (Å²) in [6, 6.07) is 0. The van der Waals surface area contributed by atoms with Gasteiger partial charge in [-0.3, -0.25) is 0 Å². The summed E-state index contributed by atoms with van der Waals surface area (Å²) in [6.45, 7) is 12.0. The van der Waals surface area contributed by atoms with Crippen LogP contribution in [0.15, 0.2) is 0 Å². The highest BCUT2D eigenvalue weighted by molar-refractivity contribution is 5.17. The van der Waals surface area contributed by atoms with E-state index in [0.29, 0.717) is 11.8 Å². The summed E-state index contributed by atoms with van der Waals surface area (Å²) in [5.41, 5.74) is 2.49. The van der Waals surface area contributed by atoms with E-state index < -0.39 is 0 Å². The SMILES string of the molecule is CCCCn1nnc(C(C)C)c1C(C)C. The highest BCUT2D eigenvalue weighted by Gasteiger charge is 2.17. The summed E-state index contributed by atoms with van der Waals surface area (Å²) < 4.78 is 2.09. The molecule has 0 N–H and O–H groups in total. The number of hydrogen-bond donors (Lipinski definition) is 0. The van der Waals surface area contributed by atoms with E-state index in [9.17, 15) is 0 Å². The second kappa shape index (κ2) is 5.29. The van der Waals surface area contributed by atoms with Crippen LogP contribution >= 0.6 is 0 Å². The van der Waals surface area contributed by atoms with E-state index >= 15 is 0 Å². The van der Waals surface area contributed by atoms with Crippen molar-refractivity contribution in [1.29, 1.82) is 0 Å². The third kappa shape index (κ3) is 2.80. The van der Waals surface area contributed by atoms with Crippen LogP contribution in [0, 0.1) is 0 Å². The molecule has 0 aromatic carbocycles. The molecule has 0 radical (unpaired) electrons.